The molecule has 1 heteroatoms. The zero-order valence-electron chi connectivity index (χ0n) is 10.1. The minimum atomic E-state index is 0.116. The van der Waals surface area contributed by atoms with Crippen LogP contribution in [-0.4, -0.2) is 4.57 Å². The summed E-state index contributed by atoms with van der Waals surface area (Å²) >= 11 is 0. The predicted molar refractivity (Wildman–Crippen MR) is 68.5 cm³/mol. The van der Waals surface area contributed by atoms with E-state index in [1.54, 1.807) is 0 Å². The number of hydrogen-bond acceptors (Lipinski definition) is 0. The van der Waals surface area contributed by atoms with Crippen molar-refractivity contribution in [3.8, 4) is 0 Å². The molecule has 0 atom stereocenters. The Balaban J connectivity index is 2.52. The summed E-state index contributed by atoms with van der Waals surface area (Å²) in [7, 11) is 0. The van der Waals surface area contributed by atoms with Crippen molar-refractivity contribution in [1.82, 2.24) is 4.57 Å². The van der Waals surface area contributed by atoms with Gasteiger partial charge >= 0.3 is 0 Å². The van der Waals surface area contributed by atoms with Gasteiger partial charge in [-0.25, -0.2) is 0 Å². The molecule has 1 nitrogen and oxygen atoms in total. The number of benzene rings is 1. The summed E-state index contributed by atoms with van der Waals surface area (Å²) in [4.78, 5) is 0. The van der Waals surface area contributed by atoms with Crippen LogP contribution in [0.25, 0.3) is 0 Å². The standard InChI is InChI=1S/C15H19N/c1-3-15(4-2,16-12-8-9-13-16)14-10-6-5-7-11-14/h5-13H,3-4H2,1-2H3. The van der Waals surface area contributed by atoms with E-state index in [0.29, 0.717) is 0 Å². The SMILES string of the molecule is CCC(CC)(c1ccccc1)n1cccc1. The van der Waals surface area contributed by atoms with Crippen LogP contribution in [0.1, 0.15) is 32.3 Å². The molecule has 0 aliphatic carbocycles. The Hall–Kier alpha value is -1.50. The third-order valence-electron chi connectivity index (χ3n) is 3.58. The van der Waals surface area contributed by atoms with Crippen molar-refractivity contribution in [2.24, 2.45) is 0 Å². The molecule has 2 rings (SSSR count). The number of rotatable bonds is 4. The second-order valence-electron chi connectivity index (χ2n) is 4.20. The van der Waals surface area contributed by atoms with E-state index >= 15 is 0 Å². The molecule has 2 aromatic rings. The van der Waals surface area contributed by atoms with E-state index in [9.17, 15) is 0 Å². The lowest BCUT2D eigenvalue weighted by molar-refractivity contribution is 0.329. The molecule has 0 N–H and O–H groups in total. The second-order valence-corrected chi connectivity index (χ2v) is 4.20. The quantitative estimate of drug-likeness (QED) is 0.722. The van der Waals surface area contributed by atoms with Gasteiger partial charge in [0.1, 0.15) is 0 Å². The molecular formula is C15H19N. The molecule has 1 aromatic carbocycles. The Bertz CT molecular complexity index is 410. The van der Waals surface area contributed by atoms with Crippen LogP contribution in [0.3, 0.4) is 0 Å². The predicted octanol–water partition coefficient (Wildman–Crippen LogP) is 4.05. The van der Waals surface area contributed by atoms with Crippen LogP contribution in [0.2, 0.25) is 0 Å². The smallest absolute Gasteiger partial charge is 0.0685 e. The molecule has 0 bridgehead atoms. The molecule has 0 fully saturated rings. The summed E-state index contributed by atoms with van der Waals surface area (Å²) < 4.78 is 2.34. The van der Waals surface area contributed by atoms with E-state index in [1.165, 1.54) is 5.56 Å². The van der Waals surface area contributed by atoms with Crippen molar-refractivity contribution < 1.29 is 0 Å². The van der Waals surface area contributed by atoms with Gasteiger partial charge in [-0.2, -0.15) is 0 Å². The van der Waals surface area contributed by atoms with Crippen molar-refractivity contribution in [2.75, 3.05) is 0 Å². The summed E-state index contributed by atoms with van der Waals surface area (Å²) in [5.74, 6) is 0. The number of hydrogen-bond donors (Lipinski definition) is 0. The van der Waals surface area contributed by atoms with Crippen LogP contribution < -0.4 is 0 Å². The summed E-state index contributed by atoms with van der Waals surface area (Å²) in [5, 5.41) is 0. The van der Waals surface area contributed by atoms with Gasteiger partial charge < -0.3 is 4.57 Å². The van der Waals surface area contributed by atoms with Crippen molar-refractivity contribution in [1.29, 1.82) is 0 Å². The normalized spacial score (nSPS) is 11.6. The van der Waals surface area contributed by atoms with Crippen LogP contribution in [-0.2, 0) is 5.54 Å². The molecule has 0 saturated carbocycles. The fraction of sp³-hybridized carbons (Fsp3) is 0.333. The topological polar surface area (TPSA) is 4.93 Å². The van der Waals surface area contributed by atoms with E-state index in [0.717, 1.165) is 12.8 Å². The van der Waals surface area contributed by atoms with Crippen LogP contribution in [0.4, 0.5) is 0 Å². The maximum absolute atomic E-state index is 2.34. The van der Waals surface area contributed by atoms with Gasteiger partial charge in [-0.1, -0.05) is 44.2 Å². The Morgan fingerprint density at radius 2 is 1.44 bits per heavy atom. The van der Waals surface area contributed by atoms with E-state index in [4.69, 9.17) is 0 Å². The molecule has 0 unspecified atom stereocenters. The van der Waals surface area contributed by atoms with Crippen molar-refractivity contribution >= 4 is 0 Å². The first-order chi connectivity index (χ1) is 7.83. The third kappa shape index (κ3) is 1.67. The first-order valence-electron chi connectivity index (χ1n) is 6.02. The molecule has 0 spiro atoms. The molecule has 16 heavy (non-hydrogen) atoms. The average molecular weight is 213 g/mol. The summed E-state index contributed by atoms with van der Waals surface area (Å²) in [6.07, 6.45) is 6.56. The zero-order chi connectivity index (χ0) is 11.4. The maximum atomic E-state index is 2.34. The monoisotopic (exact) mass is 213 g/mol. The second kappa shape index (κ2) is 4.56. The largest absolute Gasteiger partial charge is 0.344 e. The lowest BCUT2D eigenvalue weighted by atomic mass is 9.84. The van der Waals surface area contributed by atoms with E-state index in [1.807, 2.05) is 0 Å². The zero-order valence-corrected chi connectivity index (χ0v) is 10.1. The molecule has 0 radical (unpaired) electrons. The molecule has 0 aliphatic rings. The average Bonchev–Trinajstić information content (AvgIpc) is 2.87. The van der Waals surface area contributed by atoms with E-state index in [-0.39, 0.29) is 5.54 Å². The van der Waals surface area contributed by atoms with Crippen LogP contribution in [0, 0.1) is 0 Å². The Morgan fingerprint density at radius 1 is 0.875 bits per heavy atom. The minimum absolute atomic E-state index is 0.116. The minimum Gasteiger partial charge on any atom is -0.344 e. The van der Waals surface area contributed by atoms with Crippen molar-refractivity contribution in [3.63, 3.8) is 0 Å². The van der Waals surface area contributed by atoms with E-state index in [2.05, 4.69) is 73.3 Å². The molecule has 0 amide bonds. The van der Waals surface area contributed by atoms with Crippen molar-refractivity contribution in [3.05, 3.63) is 60.4 Å². The van der Waals surface area contributed by atoms with Crippen LogP contribution in [0.15, 0.2) is 54.9 Å². The first-order valence-corrected chi connectivity index (χ1v) is 6.02. The van der Waals surface area contributed by atoms with Gasteiger partial charge in [-0.3, -0.25) is 0 Å². The Morgan fingerprint density at radius 3 is 1.94 bits per heavy atom. The lowest BCUT2D eigenvalue weighted by Gasteiger charge is -2.34. The van der Waals surface area contributed by atoms with Gasteiger partial charge in [0.05, 0.1) is 5.54 Å². The fourth-order valence-corrected chi connectivity index (χ4v) is 2.54. The highest BCUT2D eigenvalue weighted by Crippen LogP contribution is 2.33. The molecule has 1 aromatic heterocycles. The van der Waals surface area contributed by atoms with Gasteiger partial charge in [0.2, 0.25) is 0 Å². The van der Waals surface area contributed by atoms with Gasteiger partial charge in [0, 0.05) is 12.4 Å². The van der Waals surface area contributed by atoms with Gasteiger partial charge in [-0.15, -0.1) is 0 Å². The molecule has 0 aliphatic heterocycles. The van der Waals surface area contributed by atoms with Gasteiger partial charge in [0.25, 0.3) is 0 Å². The van der Waals surface area contributed by atoms with Crippen molar-refractivity contribution in [2.45, 2.75) is 32.2 Å². The number of nitrogens with zero attached hydrogens (tertiary/aromatic N) is 1. The highest BCUT2D eigenvalue weighted by Gasteiger charge is 2.29. The Labute approximate surface area is 97.7 Å². The van der Waals surface area contributed by atoms with Gasteiger partial charge in [-0.05, 0) is 30.5 Å². The van der Waals surface area contributed by atoms with E-state index < -0.39 is 0 Å². The summed E-state index contributed by atoms with van der Waals surface area (Å²) in [6.45, 7) is 4.52. The molecule has 1 heterocycles. The third-order valence-corrected chi connectivity index (χ3v) is 3.58. The maximum Gasteiger partial charge on any atom is 0.0685 e. The number of aromatic nitrogens is 1. The fourth-order valence-electron chi connectivity index (χ4n) is 2.54. The highest BCUT2D eigenvalue weighted by atomic mass is 15.0. The molecule has 84 valence electrons. The molecular weight excluding hydrogens is 194 g/mol. The summed E-state index contributed by atoms with van der Waals surface area (Å²) in [6, 6.07) is 15.0. The summed E-state index contributed by atoms with van der Waals surface area (Å²) in [5.41, 5.74) is 1.52. The lowest BCUT2D eigenvalue weighted by Crippen LogP contribution is -2.32. The highest BCUT2D eigenvalue weighted by molar-refractivity contribution is 5.26. The van der Waals surface area contributed by atoms with Crippen LogP contribution in [0.5, 0.6) is 0 Å². The first kappa shape index (κ1) is 11.0. The molecule has 0 saturated heterocycles. The van der Waals surface area contributed by atoms with Gasteiger partial charge in [0.15, 0.2) is 0 Å². The Kier molecular flexibility index (Phi) is 3.14. The van der Waals surface area contributed by atoms with Crippen LogP contribution >= 0.6 is 0 Å².